The predicted octanol–water partition coefficient (Wildman–Crippen LogP) is 3.66. The highest BCUT2D eigenvalue weighted by Crippen LogP contribution is 2.23. The van der Waals surface area contributed by atoms with Gasteiger partial charge in [-0.15, -0.1) is 0 Å². The molecule has 1 aromatic heterocycles. The van der Waals surface area contributed by atoms with E-state index in [1.165, 1.54) is 6.33 Å². The van der Waals surface area contributed by atoms with Gasteiger partial charge in [0.15, 0.2) is 0 Å². The Morgan fingerprint density at radius 3 is 2.63 bits per heavy atom. The van der Waals surface area contributed by atoms with Gasteiger partial charge in [-0.3, -0.25) is 4.79 Å². The first-order valence-electron chi connectivity index (χ1n) is 10.2. The Labute approximate surface area is 176 Å². The first-order valence-corrected chi connectivity index (χ1v) is 10.2. The molecule has 4 rings (SSSR count). The predicted molar refractivity (Wildman–Crippen MR) is 113 cm³/mol. The van der Waals surface area contributed by atoms with Gasteiger partial charge < -0.3 is 14.4 Å². The van der Waals surface area contributed by atoms with Crippen molar-refractivity contribution >= 4 is 5.91 Å². The van der Waals surface area contributed by atoms with Gasteiger partial charge in [0.05, 0.1) is 17.8 Å². The van der Waals surface area contributed by atoms with Crippen molar-refractivity contribution in [2.75, 3.05) is 20.3 Å². The second kappa shape index (κ2) is 9.09. The van der Waals surface area contributed by atoms with Crippen LogP contribution in [0.2, 0.25) is 0 Å². The molecular weight excluding hydrogens is 380 g/mol. The zero-order valence-corrected chi connectivity index (χ0v) is 17.3. The molecule has 0 radical (unpaired) electrons. The summed E-state index contributed by atoms with van der Waals surface area (Å²) in [5.41, 5.74) is 2.61. The maximum absolute atomic E-state index is 12.9. The minimum absolute atomic E-state index is 0.0338. The van der Waals surface area contributed by atoms with E-state index < -0.39 is 0 Å². The summed E-state index contributed by atoms with van der Waals surface area (Å²) in [7, 11) is 1.82. The van der Waals surface area contributed by atoms with Gasteiger partial charge in [0, 0.05) is 19.2 Å². The summed E-state index contributed by atoms with van der Waals surface area (Å²) in [5.74, 6) is 0.718. The van der Waals surface area contributed by atoms with E-state index >= 15 is 0 Å². The monoisotopic (exact) mass is 406 g/mol. The SMILES string of the molecule is C[C@@H](c1ccc(-n2cncn2)cc1)N(C)C(=O)c1ccc(OC[C@H]2CCCO2)cc1. The maximum atomic E-state index is 12.9. The van der Waals surface area contributed by atoms with Crippen molar-refractivity contribution in [3.63, 3.8) is 0 Å². The quantitative estimate of drug-likeness (QED) is 0.599. The van der Waals surface area contributed by atoms with Crippen LogP contribution in [0.15, 0.2) is 61.2 Å². The van der Waals surface area contributed by atoms with Gasteiger partial charge in [-0.1, -0.05) is 12.1 Å². The normalized spacial score (nSPS) is 16.9. The smallest absolute Gasteiger partial charge is 0.254 e. The third-order valence-electron chi connectivity index (χ3n) is 5.52. The lowest BCUT2D eigenvalue weighted by Crippen LogP contribution is -2.29. The number of ether oxygens (including phenoxy) is 2. The lowest BCUT2D eigenvalue weighted by molar-refractivity contribution is 0.0678. The molecule has 1 aliphatic heterocycles. The summed E-state index contributed by atoms with van der Waals surface area (Å²) < 4.78 is 13.1. The Bertz CT molecular complexity index is 949. The Morgan fingerprint density at radius 2 is 2.00 bits per heavy atom. The standard InChI is InChI=1S/C23H26N4O3/c1-17(18-5-9-20(10-6-18)27-16-24-15-25-27)26(2)23(28)19-7-11-21(12-8-19)30-14-22-4-3-13-29-22/h5-12,15-17,22H,3-4,13-14H2,1-2H3/t17-,22+/m0/s1. The number of hydrogen-bond donors (Lipinski definition) is 0. The summed E-state index contributed by atoms with van der Waals surface area (Å²) in [6.07, 6.45) is 5.47. The summed E-state index contributed by atoms with van der Waals surface area (Å²) in [6.45, 7) is 3.38. The van der Waals surface area contributed by atoms with Crippen LogP contribution >= 0.6 is 0 Å². The van der Waals surface area contributed by atoms with Crippen LogP contribution in [-0.2, 0) is 4.74 Å². The van der Waals surface area contributed by atoms with Crippen molar-refractivity contribution in [1.82, 2.24) is 19.7 Å². The molecule has 0 bridgehead atoms. The topological polar surface area (TPSA) is 69.5 Å². The number of rotatable bonds is 7. The highest BCUT2D eigenvalue weighted by Gasteiger charge is 2.20. The second-order valence-corrected chi connectivity index (χ2v) is 7.49. The maximum Gasteiger partial charge on any atom is 0.254 e. The molecule has 0 N–H and O–H groups in total. The molecule has 0 unspecified atom stereocenters. The molecule has 1 aliphatic rings. The van der Waals surface area contributed by atoms with Crippen LogP contribution in [0.25, 0.3) is 5.69 Å². The summed E-state index contributed by atoms with van der Waals surface area (Å²) in [5, 5.41) is 4.13. The highest BCUT2D eigenvalue weighted by molar-refractivity contribution is 5.94. The Balaban J connectivity index is 1.37. The van der Waals surface area contributed by atoms with Crippen molar-refractivity contribution < 1.29 is 14.3 Å². The molecule has 1 saturated heterocycles. The molecule has 0 spiro atoms. The first kappa shape index (κ1) is 20.1. The number of carbonyl (C=O) groups is 1. The molecule has 1 amide bonds. The minimum Gasteiger partial charge on any atom is -0.491 e. The summed E-state index contributed by atoms with van der Waals surface area (Å²) >= 11 is 0. The number of amides is 1. The number of aromatic nitrogens is 3. The van der Waals surface area contributed by atoms with E-state index in [0.29, 0.717) is 12.2 Å². The number of hydrogen-bond acceptors (Lipinski definition) is 5. The molecule has 0 aliphatic carbocycles. The zero-order valence-electron chi connectivity index (χ0n) is 17.3. The molecule has 0 saturated carbocycles. The van der Waals surface area contributed by atoms with Crippen molar-refractivity contribution in [2.45, 2.75) is 31.9 Å². The molecule has 7 nitrogen and oxygen atoms in total. The van der Waals surface area contributed by atoms with E-state index in [2.05, 4.69) is 10.1 Å². The van der Waals surface area contributed by atoms with E-state index in [4.69, 9.17) is 9.47 Å². The second-order valence-electron chi connectivity index (χ2n) is 7.49. The Kier molecular flexibility index (Phi) is 6.09. The third kappa shape index (κ3) is 4.52. The number of carbonyl (C=O) groups excluding carboxylic acids is 1. The minimum atomic E-state index is -0.0715. The lowest BCUT2D eigenvalue weighted by atomic mass is 10.1. The van der Waals surface area contributed by atoms with Crippen molar-refractivity contribution in [3.8, 4) is 11.4 Å². The van der Waals surface area contributed by atoms with Gasteiger partial charge >= 0.3 is 0 Å². The third-order valence-corrected chi connectivity index (χ3v) is 5.52. The van der Waals surface area contributed by atoms with Crippen LogP contribution in [0.1, 0.15) is 41.7 Å². The fraction of sp³-hybridized carbons (Fsp3) is 0.348. The van der Waals surface area contributed by atoms with E-state index in [-0.39, 0.29) is 18.1 Å². The fourth-order valence-electron chi connectivity index (χ4n) is 3.51. The molecule has 2 heterocycles. The molecule has 2 atom stereocenters. The molecule has 1 fully saturated rings. The van der Waals surface area contributed by atoms with Crippen LogP contribution < -0.4 is 4.74 Å². The van der Waals surface area contributed by atoms with Crippen LogP contribution in [0, 0.1) is 0 Å². The van der Waals surface area contributed by atoms with Crippen molar-refractivity contribution in [3.05, 3.63) is 72.3 Å². The average Bonchev–Trinajstić information content (AvgIpc) is 3.51. The van der Waals surface area contributed by atoms with Crippen LogP contribution in [0.3, 0.4) is 0 Å². The number of nitrogens with zero attached hydrogens (tertiary/aromatic N) is 4. The molecule has 156 valence electrons. The number of benzene rings is 2. The van der Waals surface area contributed by atoms with Gasteiger partial charge in [0.2, 0.25) is 0 Å². The molecular formula is C23H26N4O3. The average molecular weight is 406 g/mol. The van der Waals surface area contributed by atoms with Crippen LogP contribution in [-0.4, -0.2) is 51.9 Å². The van der Waals surface area contributed by atoms with Gasteiger partial charge in [0.1, 0.15) is 25.0 Å². The summed E-state index contributed by atoms with van der Waals surface area (Å²) in [6, 6.07) is 15.2. The van der Waals surface area contributed by atoms with E-state index in [9.17, 15) is 4.79 Å². The highest BCUT2D eigenvalue weighted by atomic mass is 16.5. The van der Waals surface area contributed by atoms with Gasteiger partial charge in [-0.05, 0) is 61.7 Å². The zero-order chi connectivity index (χ0) is 20.9. The largest absolute Gasteiger partial charge is 0.491 e. The van der Waals surface area contributed by atoms with E-state index in [0.717, 1.165) is 36.4 Å². The van der Waals surface area contributed by atoms with Gasteiger partial charge in [0.25, 0.3) is 5.91 Å². The first-order chi connectivity index (χ1) is 14.6. The van der Waals surface area contributed by atoms with Gasteiger partial charge in [-0.25, -0.2) is 9.67 Å². The van der Waals surface area contributed by atoms with Crippen LogP contribution in [0.4, 0.5) is 0 Å². The van der Waals surface area contributed by atoms with Crippen LogP contribution in [0.5, 0.6) is 5.75 Å². The lowest BCUT2D eigenvalue weighted by Gasteiger charge is -2.25. The van der Waals surface area contributed by atoms with E-state index in [1.54, 1.807) is 15.9 Å². The van der Waals surface area contributed by atoms with Crippen molar-refractivity contribution in [2.24, 2.45) is 0 Å². The molecule has 7 heteroatoms. The molecule has 2 aromatic carbocycles. The molecule has 3 aromatic rings. The molecule has 30 heavy (non-hydrogen) atoms. The Hall–Kier alpha value is -3.19. The van der Waals surface area contributed by atoms with E-state index in [1.807, 2.05) is 62.5 Å². The Morgan fingerprint density at radius 1 is 1.23 bits per heavy atom. The summed E-state index contributed by atoms with van der Waals surface area (Å²) in [4.78, 5) is 18.6. The van der Waals surface area contributed by atoms with Crippen molar-refractivity contribution in [1.29, 1.82) is 0 Å². The van der Waals surface area contributed by atoms with Gasteiger partial charge in [-0.2, -0.15) is 5.10 Å². The fourth-order valence-corrected chi connectivity index (χ4v) is 3.51.